The Hall–Kier alpha value is -1.51. The second kappa shape index (κ2) is 7.17. The highest BCUT2D eigenvalue weighted by molar-refractivity contribution is 6.00. The van der Waals surface area contributed by atoms with Gasteiger partial charge in [-0.3, -0.25) is 4.79 Å². The Morgan fingerprint density at radius 3 is 2.53 bits per heavy atom. The van der Waals surface area contributed by atoms with E-state index in [4.69, 9.17) is 0 Å². The number of carbonyl (C=O) groups is 1. The van der Waals surface area contributed by atoms with Crippen LogP contribution in [0.2, 0.25) is 0 Å². The van der Waals surface area contributed by atoms with Gasteiger partial charge in [-0.15, -0.1) is 0 Å². The summed E-state index contributed by atoms with van der Waals surface area (Å²) in [6.07, 6.45) is 1.06. The van der Waals surface area contributed by atoms with Crippen LogP contribution >= 0.6 is 0 Å². The highest BCUT2D eigenvalue weighted by Crippen LogP contribution is 2.18. The average Bonchev–Trinajstić information content (AvgIpc) is 2.39. The lowest BCUT2D eigenvalue weighted by Crippen LogP contribution is -2.37. The van der Waals surface area contributed by atoms with Crippen molar-refractivity contribution in [2.45, 2.75) is 47.1 Å². The van der Waals surface area contributed by atoms with Crippen molar-refractivity contribution in [1.82, 2.24) is 5.32 Å². The number of nitrogens with one attached hydrogen (secondary N) is 2. The van der Waals surface area contributed by atoms with Crippen LogP contribution in [0.25, 0.3) is 0 Å². The molecule has 2 atom stereocenters. The minimum absolute atomic E-state index is 0.00690. The summed E-state index contributed by atoms with van der Waals surface area (Å²) >= 11 is 0. The van der Waals surface area contributed by atoms with Gasteiger partial charge < -0.3 is 10.6 Å². The largest absolute Gasteiger partial charge is 0.385 e. The van der Waals surface area contributed by atoms with Gasteiger partial charge in [-0.2, -0.15) is 0 Å². The summed E-state index contributed by atoms with van der Waals surface area (Å²) in [5.74, 6) is 0.490. The fourth-order valence-corrected chi connectivity index (χ4v) is 1.97. The van der Waals surface area contributed by atoms with Gasteiger partial charge in [0.05, 0.1) is 5.56 Å². The SMILES string of the molecule is CCNc1ccc(C)cc1C(=O)NC(C)C(C)CC. The zero-order chi connectivity index (χ0) is 14.4. The lowest BCUT2D eigenvalue weighted by Gasteiger charge is -2.21. The predicted molar refractivity (Wildman–Crippen MR) is 81.7 cm³/mol. The van der Waals surface area contributed by atoms with E-state index >= 15 is 0 Å². The van der Waals surface area contributed by atoms with Crippen molar-refractivity contribution < 1.29 is 4.79 Å². The number of rotatable bonds is 6. The first kappa shape index (κ1) is 15.5. The van der Waals surface area contributed by atoms with E-state index in [0.717, 1.165) is 29.8 Å². The standard InChI is InChI=1S/C16H26N2O/c1-6-12(4)13(5)18-16(19)14-10-11(3)8-9-15(14)17-7-2/h8-10,12-13,17H,6-7H2,1-5H3,(H,18,19). The predicted octanol–water partition coefficient (Wildman–Crippen LogP) is 3.59. The van der Waals surface area contributed by atoms with E-state index in [1.165, 1.54) is 0 Å². The van der Waals surface area contributed by atoms with E-state index in [-0.39, 0.29) is 11.9 Å². The summed E-state index contributed by atoms with van der Waals surface area (Å²) in [5.41, 5.74) is 2.74. The van der Waals surface area contributed by atoms with Gasteiger partial charge in [0.15, 0.2) is 0 Å². The van der Waals surface area contributed by atoms with E-state index in [1.54, 1.807) is 0 Å². The molecular weight excluding hydrogens is 236 g/mol. The fourth-order valence-electron chi connectivity index (χ4n) is 1.97. The smallest absolute Gasteiger partial charge is 0.253 e. The molecule has 0 fully saturated rings. The molecule has 0 saturated carbocycles. The van der Waals surface area contributed by atoms with Crippen LogP contribution in [0.3, 0.4) is 0 Å². The van der Waals surface area contributed by atoms with Crippen LogP contribution in [-0.4, -0.2) is 18.5 Å². The summed E-state index contributed by atoms with van der Waals surface area (Å²) in [5, 5.41) is 6.33. The second-order valence-corrected chi connectivity index (χ2v) is 5.23. The Labute approximate surface area is 116 Å². The molecule has 106 valence electrons. The van der Waals surface area contributed by atoms with Crippen LogP contribution in [0.15, 0.2) is 18.2 Å². The van der Waals surface area contributed by atoms with Crippen molar-refractivity contribution in [1.29, 1.82) is 0 Å². The monoisotopic (exact) mass is 262 g/mol. The van der Waals surface area contributed by atoms with E-state index in [2.05, 4.69) is 31.4 Å². The summed E-state index contributed by atoms with van der Waals surface area (Å²) in [6.45, 7) is 11.2. The molecule has 0 aliphatic carbocycles. The van der Waals surface area contributed by atoms with E-state index in [9.17, 15) is 4.79 Å². The third-order valence-corrected chi connectivity index (χ3v) is 3.64. The maximum Gasteiger partial charge on any atom is 0.253 e. The van der Waals surface area contributed by atoms with Crippen molar-refractivity contribution in [3.63, 3.8) is 0 Å². The van der Waals surface area contributed by atoms with Crippen molar-refractivity contribution in [2.24, 2.45) is 5.92 Å². The molecule has 0 aromatic heterocycles. The summed E-state index contributed by atoms with van der Waals surface area (Å²) < 4.78 is 0. The third kappa shape index (κ3) is 4.27. The number of hydrogen-bond donors (Lipinski definition) is 2. The lowest BCUT2D eigenvalue weighted by molar-refractivity contribution is 0.0929. The molecule has 2 N–H and O–H groups in total. The molecule has 0 bridgehead atoms. The van der Waals surface area contributed by atoms with Crippen LogP contribution in [0, 0.1) is 12.8 Å². The van der Waals surface area contributed by atoms with Crippen LogP contribution in [0.5, 0.6) is 0 Å². The summed E-state index contributed by atoms with van der Waals surface area (Å²) in [7, 11) is 0. The van der Waals surface area contributed by atoms with Crippen molar-refractivity contribution >= 4 is 11.6 Å². The van der Waals surface area contributed by atoms with Gasteiger partial charge >= 0.3 is 0 Å². The molecule has 2 unspecified atom stereocenters. The van der Waals surface area contributed by atoms with E-state index in [0.29, 0.717) is 5.92 Å². The Morgan fingerprint density at radius 1 is 1.26 bits per heavy atom. The molecule has 0 aliphatic rings. The minimum atomic E-state index is 0.00690. The minimum Gasteiger partial charge on any atom is -0.385 e. The molecule has 0 radical (unpaired) electrons. The Morgan fingerprint density at radius 2 is 1.95 bits per heavy atom. The quantitative estimate of drug-likeness (QED) is 0.822. The van der Waals surface area contributed by atoms with Crippen molar-refractivity contribution in [2.75, 3.05) is 11.9 Å². The number of carbonyl (C=O) groups excluding carboxylic acids is 1. The number of hydrogen-bond acceptors (Lipinski definition) is 2. The van der Waals surface area contributed by atoms with Gasteiger partial charge in [-0.25, -0.2) is 0 Å². The Bertz CT molecular complexity index is 429. The van der Waals surface area contributed by atoms with Crippen molar-refractivity contribution in [3.05, 3.63) is 29.3 Å². The number of aryl methyl sites for hydroxylation is 1. The third-order valence-electron chi connectivity index (χ3n) is 3.64. The van der Waals surface area contributed by atoms with E-state index < -0.39 is 0 Å². The zero-order valence-corrected chi connectivity index (χ0v) is 12.7. The maximum absolute atomic E-state index is 12.4. The highest BCUT2D eigenvalue weighted by atomic mass is 16.1. The summed E-state index contributed by atoms with van der Waals surface area (Å²) in [6, 6.07) is 6.12. The molecule has 1 amide bonds. The zero-order valence-electron chi connectivity index (χ0n) is 12.7. The van der Waals surface area contributed by atoms with Gasteiger partial charge in [-0.1, -0.05) is 31.9 Å². The molecule has 1 aromatic rings. The number of amides is 1. The first-order valence-corrected chi connectivity index (χ1v) is 7.14. The number of benzene rings is 1. The van der Waals surface area contributed by atoms with Crippen LogP contribution in [-0.2, 0) is 0 Å². The fraction of sp³-hybridized carbons (Fsp3) is 0.562. The first-order chi connectivity index (χ1) is 8.99. The Kier molecular flexibility index (Phi) is 5.87. The van der Waals surface area contributed by atoms with Gasteiger partial charge in [0, 0.05) is 18.3 Å². The van der Waals surface area contributed by atoms with Gasteiger partial charge in [0.1, 0.15) is 0 Å². The highest BCUT2D eigenvalue weighted by Gasteiger charge is 2.16. The van der Waals surface area contributed by atoms with Gasteiger partial charge in [0.2, 0.25) is 0 Å². The van der Waals surface area contributed by atoms with Crippen LogP contribution in [0.4, 0.5) is 5.69 Å². The normalized spacial score (nSPS) is 13.7. The maximum atomic E-state index is 12.4. The van der Waals surface area contributed by atoms with Crippen molar-refractivity contribution in [3.8, 4) is 0 Å². The molecular formula is C16H26N2O. The molecule has 3 heteroatoms. The average molecular weight is 262 g/mol. The first-order valence-electron chi connectivity index (χ1n) is 7.14. The Balaban J connectivity index is 2.89. The molecule has 1 aromatic carbocycles. The number of anilines is 1. The molecule has 3 nitrogen and oxygen atoms in total. The molecule has 1 rings (SSSR count). The molecule has 0 heterocycles. The molecule has 0 aliphatic heterocycles. The van der Waals surface area contributed by atoms with Gasteiger partial charge in [0.25, 0.3) is 5.91 Å². The molecule has 0 saturated heterocycles. The van der Waals surface area contributed by atoms with E-state index in [1.807, 2.05) is 32.0 Å². The summed E-state index contributed by atoms with van der Waals surface area (Å²) in [4.78, 5) is 12.4. The van der Waals surface area contributed by atoms with Crippen LogP contribution in [0.1, 0.15) is 50.0 Å². The van der Waals surface area contributed by atoms with Gasteiger partial charge in [-0.05, 0) is 38.8 Å². The topological polar surface area (TPSA) is 41.1 Å². The lowest BCUT2D eigenvalue weighted by atomic mass is 10.00. The molecule has 0 spiro atoms. The molecule has 19 heavy (non-hydrogen) atoms. The second-order valence-electron chi connectivity index (χ2n) is 5.23. The van der Waals surface area contributed by atoms with Crippen LogP contribution < -0.4 is 10.6 Å².